The molecule has 0 spiro atoms. The van der Waals surface area contributed by atoms with Crippen LogP contribution in [0, 0.1) is 13.8 Å². The Morgan fingerprint density at radius 3 is 2.16 bits per heavy atom. The molecule has 31 heavy (non-hydrogen) atoms. The molecular formula is C26H27N3O2. The summed E-state index contributed by atoms with van der Waals surface area (Å²) in [4.78, 5) is 32.5. The lowest BCUT2D eigenvalue weighted by atomic mass is 9.98. The van der Waals surface area contributed by atoms with E-state index in [-0.39, 0.29) is 18.4 Å². The van der Waals surface area contributed by atoms with Gasteiger partial charge in [-0.3, -0.25) is 14.5 Å². The van der Waals surface area contributed by atoms with Crippen LogP contribution in [0.15, 0.2) is 72.8 Å². The first kappa shape index (κ1) is 20.7. The van der Waals surface area contributed by atoms with Crippen LogP contribution in [0.25, 0.3) is 0 Å². The van der Waals surface area contributed by atoms with E-state index >= 15 is 0 Å². The van der Waals surface area contributed by atoms with Gasteiger partial charge in [0.05, 0.1) is 0 Å². The van der Waals surface area contributed by atoms with Gasteiger partial charge in [0.15, 0.2) is 0 Å². The van der Waals surface area contributed by atoms with E-state index in [0.29, 0.717) is 0 Å². The number of hydrogen-bond donors (Lipinski definition) is 0. The third-order valence-electron chi connectivity index (χ3n) is 5.95. The molecule has 0 saturated carbocycles. The smallest absolute Gasteiger partial charge is 0.255 e. The SMILES string of the molecule is Cc1cccc(N2CC(=O)N(c3ccccc3)C(c3ccc(N(C)C)cc3)C2=O)c1C. The van der Waals surface area contributed by atoms with E-state index in [0.717, 1.165) is 33.8 Å². The highest BCUT2D eigenvalue weighted by Crippen LogP contribution is 2.36. The van der Waals surface area contributed by atoms with Gasteiger partial charge in [-0.15, -0.1) is 0 Å². The molecule has 1 aliphatic heterocycles. The van der Waals surface area contributed by atoms with Crippen molar-refractivity contribution in [2.75, 3.05) is 35.3 Å². The van der Waals surface area contributed by atoms with Gasteiger partial charge in [-0.25, -0.2) is 0 Å². The standard InChI is InChI=1S/C26H27N3O2/c1-18-9-8-12-23(19(18)2)28-17-24(30)29(22-10-6-5-7-11-22)25(26(28)31)20-13-15-21(16-14-20)27(3)4/h5-16,25H,17H2,1-4H3. The molecule has 0 aromatic heterocycles. The Balaban J connectivity index is 1.82. The van der Waals surface area contributed by atoms with Crippen LogP contribution in [0.2, 0.25) is 0 Å². The van der Waals surface area contributed by atoms with E-state index in [1.807, 2.05) is 106 Å². The monoisotopic (exact) mass is 413 g/mol. The summed E-state index contributed by atoms with van der Waals surface area (Å²) >= 11 is 0. The average molecular weight is 414 g/mol. The molecule has 1 heterocycles. The van der Waals surface area contributed by atoms with E-state index in [4.69, 9.17) is 0 Å². The van der Waals surface area contributed by atoms with Crippen LogP contribution in [-0.2, 0) is 9.59 Å². The number of amides is 2. The fourth-order valence-electron chi connectivity index (χ4n) is 4.05. The maximum Gasteiger partial charge on any atom is 0.255 e. The number of carbonyl (C=O) groups excluding carboxylic acids is 2. The van der Waals surface area contributed by atoms with Gasteiger partial charge >= 0.3 is 0 Å². The van der Waals surface area contributed by atoms with Crippen molar-refractivity contribution >= 4 is 28.9 Å². The predicted molar refractivity (Wildman–Crippen MR) is 126 cm³/mol. The topological polar surface area (TPSA) is 43.9 Å². The highest BCUT2D eigenvalue weighted by molar-refractivity contribution is 6.14. The predicted octanol–water partition coefficient (Wildman–Crippen LogP) is 4.49. The van der Waals surface area contributed by atoms with E-state index < -0.39 is 6.04 Å². The van der Waals surface area contributed by atoms with Crippen LogP contribution in [0.4, 0.5) is 17.1 Å². The third-order valence-corrected chi connectivity index (χ3v) is 5.95. The maximum absolute atomic E-state index is 13.9. The number of anilines is 3. The lowest BCUT2D eigenvalue weighted by Gasteiger charge is -2.41. The summed E-state index contributed by atoms with van der Waals surface area (Å²) in [7, 11) is 3.95. The maximum atomic E-state index is 13.9. The summed E-state index contributed by atoms with van der Waals surface area (Å²) in [6, 6.07) is 22.4. The molecular weight excluding hydrogens is 386 g/mol. The molecule has 5 heteroatoms. The Morgan fingerprint density at radius 1 is 0.839 bits per heavy atom. The van der Waals surface area contributed by atoms with Gasteiger partial charge in [-0.2, -0.15) is 0 Å². The third kappa shape index (κ3) is 3.79. The summed E-state index contributed by atoms with van der Waals surface area (Å²) in [5.74, 6) is -0.205. The van der Waals surface area contributed by atoms with Gasteiger partial charge < -0.3 is 9.80 Å². The minimum atomic E-state index is -0.722. The van der Waals surface area contributed by atoms with Crippen LogP contribution >= 0.6 is 0 Å². The lowest BCUT2D eigenvalue weighted by molar-refractivity contribution is -0.128. The number of carbonyl (C=O) groups is 2. The Hall–Kier alpha value is -3.60. The lowest BCUT2D eigenvalue weighted by Crippen LogP contribution is -2.56. The molecule has 1 saturated heterocycles. The molecule has 1 atom stereocenters. The molecule has 1 unspecified atom stereocenters. The summed E-state index contributed by atoms with van der Waals surface area (Å²) in [5, 5.41) is 0. The minimum absolute atomic E-state index is 0.0182. The second-order valence-corrected chi connectivity index (χ2v) is 8.13. The molecule has 4 rings (SSSR count). The quantitative estimate of drug-likeness (QED) is 0.633. The van der Waals surface area contributed by atoms with Crippen molar-refractivity contribution in [3.8, 4) is 0 Å². The Morgan fingerprint density at radius 2 is 1.52 bits per heavy atom. The van der Waals surface area contributed by atoms with Gasteiger partial charge in [-0.05, 0) is 60.9 Å². The molecule has 158 valence electrons. The number of piperazine rings is 1. The van der Waals surface area contributed by atoms with Gasteiger partial charge in [0, 0.05) is 31.2 Å². The molecule has 1 fully saturated rings. The fourth-order valence-corrected chi connectivity index (χ4v) is 4.05. The van der Waals surface area contributed by atoms with Crippen molar-refractivity contribution in [3.05, 3.63) is 89.5 Å². The van der Waals surface area contributed by atoms with E-state index in [1.165, 1.54) is 0 Å². The largest absolute Gasteiger partial charge is 0.378 e. The molecule has 5 nitrogen and oxygen atoms in total. The zero-order valence-corrected chi connectivity index (χ0v) is 18.4. The van der Waals surface area contributed by atoms with Gasteiger partial charge in [0.1, 0.15) is 12.6 Å². The second-order valence-electron chi connectivity index (χ2n) is 8.13. The first-order valence-electron chi connectivity index (χ1n) is 10.4. The molecule has 1 aliphatic rings. The van der Waals surface area contributed by atoms with Crippen molar-refractivity contribution in [1.82, 2.24) is 0 Å². The average Bonchev–Trinajstić information content (AvgIpc) is 2.77. The molecule has 0 radical (unpaired) electrons. The van der Waals surface area contributed by atoms with Crippen molar-refractivity contribution in [1.29, 1.82) is 0 Å². The van der Waals surface area contributed by atoms with Crippen molar-refractivity contribution < 1.29 is 9.59 Å². The van der Waals surface area contributed by atoms with Crippen molar-refractivity contribution in [2.24, 2.45) is 0 Å². The first-order chi connectivity index (χ1) is 14.9. The zero-order valence-electron chi connectivity index (χ0n) is 18.4. The van der Waals surface area contributed by atoms with E-state index in [1.54, 1.807) is 9.80 Å². The summed E-state index contributed by atoms with van der Waals surface area (Å²) < 4.78 is 0. The van der Waals surface area contributed by atoms with Crippen LogP contribution in [0.1, 0.15) is 22.7 Å². The second kappa shape index (κ2) is 8.26. The first-order valence-corrected chi connectivity index (χ1v) is 10.4. The Bertz CT molecular complexity index is 1110. The van der Waals surface area contributed by atoms with Crippen LogP contribution in [-0.4, -0.2) is 32.5 Å². The molecule has 3 aromatic carbocycles. The van der Waals surface area contributed by atoms with Crippen LogP contribution < -0.4 is 14.7 Å². The van der Waals surface area contributed by atoms with E-state index in [2.05, 4.69) is 0 Å². The highest BCUT2D eigenvalue weighted by atomic mass is 16.2. The molecule has 2 amide bonds. The normalized spacial score (nSPS) is 16.6. The zero-order chi connectivity index (χ0) is 22.1. The highest BCUT2D eigenvalue weighted by Gasteiger charge is 2.42. The molecule has 0 N–H and O–H groups in total. The van der Waals surface area contributed by atoms with Crippen LogP contribution in [0.5, 0.6) is 0 Å². The summed E-state index contributed by atoms with van der Waals surface area (Å²) in [6.07, 6.45) is 0. The molecule has 0 aliphatic carbocycles. The number of rotatable bonds is 4. The van der Waals surface area contributed by atoms with Gasteiger partial charge in [0.25, 0.3) is 5.91 Å². The number of nitrogens with zero attached hydrogens (tertiary/aromatic N) is 3. The number of benzene rings is 3. The minimum Gasteiger partial charge on any atom is -0.378 e. The summed E-state index contributed by atoms with van der Waals surface area (Å²) in [5.41, 5.74) is 5.46. The number of aryl methyl sites for hydroxylation is 1. The van der Waals surface area contributed by atoms with Crippen LogP contribution in [0.3, 0.4) is 0 Å². The van der Waals surface area contributed by atoms with Gasteiger partial charge in [0.2, 0.25) is 5.91 Å². The van der Waals surface area contributed by atoms with Crippen molar-refractivity contribution in [3.63, 3.8) is 0 Å². The number of hydrogen-bond acceptors (Lipinski definition) is 3. The fraction of sp³-hybridized carbons (Fsp3) is 0.231. The van der Waals surface area contributed by atoms with E-state index in [9.17, 15) is 9.59 Å². The Kier molecular flexibility index (Phi) is 5.51. The molecule has 0 bridgehead atoms. The number of para-hydroxylation sites is 1. The van der Waals surface area contributed by atoms with Gasteiger partial charge in [-0.1, -0.05) is 42.5 Å². The Labute approximate surface area is 183 Å². The summed E-state index contributed by atoms with van der Waals surface area (Å²) in [6.45, 7) is 4.03. The van der Waals surface area contributed by atoms with Crippen molar-refractivity contribution in [2.45, 2.75) is 19.9 Å². The molecule has 3 aromatic rings.